The van der Waals surface area contributed by atoms with E-state index in [1.807, 2.05) is 26.0 Å². The second-order valence-electron chi connectivity index (χ2n) is 4.23. The molecule has 6 heteroatoms. The first-order valence-corrected chi connectivity index (χ1v) is 7.45. The van der Waals surface area contributed by atoms with Gasteiger partial charge in [0.05, 0.1) is 22.5 Å². The second kappa shape index (κ2) is 4.94. The van der Waals surface area contributed by atoms with Gasteiger partial charge >= 0.3 is 0 Å². The summed E-state index contributed by atoms with van der Waals surface area (Å²) in [5.41, 5.74) is 1.93. The van der Waals surface area contributed by atoms with Crippen LogP contribution < -0.4 is 5.32 Å². The summed E-state index contributed by atoms with van der Waals surface area (Å²) in [5, 5.41) is 4.12. The van der Waals surface area contributed by atoms with Gasteiger partial charge < -0.3 is 9.73 Å². The molecular weight excluding hydrogens is 326 g/mol. The monoisotopic (exact) mass is 337 g/mol. The highest BCUT2D eigenvalue weighted by molar-refractivity contribution is 9.10. The number of benzene rings is 1. The van der Waals surface area contributed by atoms with Crippen molar-refractivity contribution in [1.29, 1.82) is 0 Å². The fraction of sp³-hybridized carbons (Fsp3) is 0.231. The van der Waals surface area contributed by atoms with Crippen molar-refractivity contribution < 1.29 is 4.42 Å². The highest BCUT2D eigenvalue weighted by Gasteiger charge is 2.07. The molecule has 0 saturated heterocycles. The van der Waals surface area contributed by atoms with Crippen LogP contribution in [0.25, 0.3) is 10.2 Å². The number of aromatic nitrogens is 2. The average molecular weight is 338 g/mol. The first-order chi connectivity index (χ1) is 9.11. The number of nitrogens with one attached hydrogen (secondary N) is 1. The Kier molecular flexibility index (Phi) is 3.28. The van der Waals surface area contributed by atoms with E-state index in [9.17, 15) is 0 Å². The van der Waals surface area contributed by atoms with Crippen LogP contribution in [0.3, 0.4) is 0 Å². The van der Waals surface area contributed by atoms with Crippen LogP contribution in [0.15, 0.2) is 27.1 Å². The molecule has 19 heavy (non-hydrogen) atoms. The number of aryl methyl sites for hydroxylation is 2. The summed E-state index contributed by atoms with van der Waals surface area (Å²) in [5.74, 6) is 1.56. The summed E-state index contributed by atoms with van der Waals surface area (Å²) in [6.45, 7) is 4.41. The molecule has 0 radical (unpaired) electrons. The number of fused-ring (bicyclic) bond motifs is 1. The Balaban J connectivity index is 1.78. The third kappa shape index (κ3) is 2.64. The van der Waals surface area contributed by atoms with Gasteiger partial charge in [0.1, 0.15) is 5.76 Å². The number of anilines is 1. The van der Waals surface area contributed by atoms with E-state index >= 15 is 0 Å². The molecule has 0 fully saturated rings. The third-order valence-corrected chi connectivity index (χ3v) is 4.28. The SMILES string of the molecule is Cc1nc(CNc2nc3ccc(Br)cc3s2)oc1C. The third-order valence-electron chi connectivity index (χ3n) is 2.81. The van der Waals surface area contributed by atoms with Gasteiger partial charge in [-0.1, -0.05) is 27.3 Å². The summed E-state index contributed by atoms with van der Waals surface area (Å²) >= 11 is 5.08. The van der Waals surface area contributed by atoms with Gasteiger partial charge in [-0.05, 0) is 32.0 Å². The zero-order valence-corrected chi connectivity index (χ0v) is 12.9. The van der Waals surface area contributed by atoms with Crippen molar-refractivity contribution in [1.82, 2.24) is 9.97 Å². The molecule has 1 aromatic carbocycles. The number of hydrogen-bond acceptors (Lipinski definition) is 5. The summed E-state index contributed by atoms with van der Waals surface area (Å²) in [6.07, 6.45) is 0. The van der Waals surface area contributed by atoms with Crippen molar-refractivity contribution in [2.24, 2.45) is 0 Å². The van der Waals surface area contributed by atoms with Crippen LogP contribution in [0.4, 0.5) is 5.13 Å². The number of halogens is 1. The Morgan fingerprint density at radius 2 is 2.16 bits per heavy atom. The van der Waals surface area contributed by atoms with Crippen molar-refractivity contribution in [3.8, 4) is 0 Å². The Morgan fingerprint density at radius 1 is 1.32 bits per heavy atom. The van der Waals surface area contributed by atoms with Gasteiger partial charge in [-0.15, -0.1) is 0 Å². The van der Waals surface area contributed by atoms with Crippen molar-refractivity contribution in [3.63, 3.8) is 0 Å². The highest BCUT2D eigenvalue weighted by atomic mass is 79.9. The number of thiazole rings is 1. The lowest BCUT2D eigenvalue weighted by Crippen LogP contribution is -1.98. The molecule has 3 rings (SSSR count). The maximum absolute atomic E-state index is 5.52. The Bertz CT molecular complexity index is 715. The maximum atomic E-state index is 5.52. The maximum Gasteiger partial charge on any atom is 0.214 e. The fourth-order valence-electron chi connectivity index (χ4n) is 1.74. The van der Waals surface area contributed by atoms with Gasteiger partial charge in [-0.2, -0.15) is 0 Å². The first-order valence-electron chi connectivity index (χ1n) is 5.85. The van der Waals surface area contributed by atoms with E-state index in [1.54, 1.807) is 11.3 Å². The average Bonchev–Trinajstić information content (AvgIpc) is 2.90. The van der Waals surface area contributed by atoms with Gasteiger partial charge in [0.15, 0.2) is 5.13 Å². The Labute approximate surface area is 123 Å². The molecule has 0 aliphatic heterocycles. The molecule has 0 unspecified atom stereocenters. The summed E-state index contributed by atoms with van der Waals surface area (Å²) in [6, 6.07) is 6.06. The Hall–Kier alpha value is -1.40. The molecule has 0 amide bonds. The lowest BCUT2D eigenvalue weighted by Gasteiger charge is -1.96. The zero-order valence-electron chi connectivity index (χ0n) is 10.5. The minimum Gasteiger partial charge on any atom is -0.444 e. The number of nitrogens with zero attached hydrogens (tertiary/aromatic N) is 2. The lowest BCUT2D eigenvalue weighted by atomic mass is 10.3. The van der Waals surface area contributed by atoms with E-state index in [0.29, 0.717) is 12.4 Å². The van der Waals surface area contributed by atoms with Gasteiger partial charge in [-0.3, -0.25) is 0 Å². The van der Waals surface area contributed by atoms with E-state index in [2.05, 4.69) is 37.3 Å². The smallest absolute Gasteiger partial charge is 0.214 e. The first kappa shape index (κ1) is 12.6. The predicted octanol–water partition coefficient (Wildman–Crippen LogP) is 4.28. The molecular formula is C13H12BrN3OS. The summed E-state index contributed by atoms with van der Waals surface area (Å²) in [4.78, 5) is 8.85. The van der Waals surface area contributed by atoms with E-state index in [4.69, 9.17) is 4.42 Å². The molecule has 2 heterocycles. The molecule has 0 spiro atoms. The minimum atomic E-state index is 0.551. The quantitative estimate of drug-likeness (QED) is 0.775. The van der Waals surface area contributed by atoms with Gasteiger partial charge in [-0.25, -0.2) is 9.97 Å². The number of oxazole rings is 1. The van der Waals surface area contributed by atoms with Crippen molar-refractivity contribution in [3.05, 3.63) is 40.0 Å². The number of rotatable bonds is 3. The molecule has 3 aromatic rings. The molecule has 0 aliphatic rings. The van der Waals surface area contributed by atoms with Crippen LogP contribution in [-0.4, -0.2) is 9.97 Å². The Morgan fingerprint density at radius 3 is 2.89 bits per heavy atom. The zero-order chi connectivity index (χ0) is 13.4. The second-order valence-corrected chi connectivity index (χ2v) is 6.18. The molecule has 2 aromatic heterocycles. The molecule has 0 saturated carbocycles. The van der Waals surface area contributed by atoms with Crippen LogP contribution >= 0.6 is 27.3 Å². The summed E-state index contributed by atoms with van der Waals surface area (Å²) in [7, 11) is 0. The van der Waals surface area contributed by atoms with Gasteiger partial charge in [0.25, 0.3) is 0 Å². The standard InChI is InChI=1S/C13H12BrN3OS/c1-7-8(2)18-12(16-7)6-15-13-17-10-4-3-9(14)5-11(10)19-13/h3-5H,6H2,1-2H3,(H,15,17). The van der Waals surface area contributed by atoms with Gasteiger partial charge in [0.2, 0.25) is 5.89 Å². The van der Waals surface area contributed by atoms with E-state index in [0.717, 1.165) is 31.3 Å². The van der Waals surface area contributed by atoms with Crippen molar-refractivity contribution in [2.45, 2.75) is 20.4 Å². The number of hydrogen-bond donors (Lipinski definition) is 1. The molecule has 0 atom stereocenters. The molecule has 4 nitrogen and oxygen atoms in total. The van der Waals surface area contributed by atoms with Gasteiger partial charge in [0, 0.05) is 4.47 Å². The van der Waals surface area contributed by atoms with Crippen molar-refractivity contribution >= 4 is 42.6 Å². The van der Waals surface area contributed by atoms with E-state index < -0.39 is 0 Å². The predicted molar refractivity (Wildman–Crippen MR) is 80.6 cm³/mol. The van der Waals surface area contributed by atoms with Crippen LogP contribution in [-0.2, 0) is 6.54 Å². The van der Waals surface area contributed by atoms with Crippen LogP contribution in [0.5, 0.6) is 0 Å². The molecule has 98 valence electrons. The normalized spacial score (nSPS) is 11.1. The minimum absolute atomic E-state index is 0.551. The topological polar surface area (TPSA) is 51.0 Å². The van der Waals surface area contributed by atoms with Crippen LogP contribution in [0.1, 0.15) is 17.3 Å². The highest BCUT2D eigenvalue weighted by Crippen LogP contribution is 2.28. The largest absolute Gasteiger partial charge is 0.444 e. The van der Waals surface area contributed by atoms with Crippen molar-refractivity contribution in [2.75, 3.05) is 5.32 Å². The molecule has 0 bridgehead atoms. The van der Waals surface area contributed by atoms with E-state index in [-0.39, 0.29) is 0 Å². The molecule has 0 aliphatic carbocycles. The van der Waals surface area contributed by atoms with Crippen LogP contribution in [0.2, 0.25) is 0 Å². The fourth-order valence-corrected chi connectivity index (χ4v) is 3.15. The van der Waals surface area contributed by atoms with E-state index in [1.165, 1.54) is 0 Å². The van der Waals surface area contributed by atoms with Crippen LogP contribution in [0, 0.1) is 13.8 Å². The molecule has 1 N–H and O–H groups in total. The lowest BCUT2D eigenvalue weighted by molar-refractivity contribution is 0.478. The summed E-state index contributed by atoms with van der Waals surface area (Å²) < 4.78 is 7.74.